The van der Waals surface area contributed by atoms with E-state index >= 15 is 0 Å². The van der Waals surface area contributed by atoms with Crippen LogP contribution in [0.1, 0.15) is 41.6 Å². The highest BCUT2D eigenvalue weighted by molar-refractivity contribution is 6.03. The Morgan fingerprint density at radius 2 is 2.06 bits per heavy atom. The molecule has 0 atom stereocenters. The Hall–Kier alpha value is -1.35. The molecule has 90 valence electrons. The van der Waals surface area contributed by atoms with Crippen LogP contribution in [0.25, 0.3) is 0 Å². The van der Waals surface area contributed by atoms with Crippen molar-refractivity contribution in [3.05, 3.63) is 29.3 Å². The van der Waals surface area contributed by atoms with Gasteiger partial charge in [0.15, 0.2) is 5.78 Å². The quantitative estimate of drug-likeness (QED) is 0.793. The van der Waals surface area contributed by atoms with Crippen molar-refractivity contribution < 1.29 is 9.53 Å². The summed E-state index contributed by atoms with van der Waals surface area (Å²) in [6.07, 6.45) is 4.67. The van der Waals surface area contributed by atoms with E-state index in [9.17, 15) is 4.79 Å². The van der Waals surface area contributed by atoms with Gasteiger partial charge in [-0.15, -0.1) is 0 Å². The smallest absolute Gasteiger partial charge is 0.182 e. The van der Waals surface area contributed by atoms with Gasteiger partial charge in [0.25, 0.3) is 0 Å². The summed E-state index contributed by atoms with van der Waals surface area (Å²) in [5, 5.41) is 0. The van der Waals surface area contributed by atoms with E-state index in [0.29, 0.717) is 0 Å². The summed E-state index contributed by atoms with van der Waals surface area (Å²) in [5.74, 6) is 1.02. The van der Waals surface area contributed by atoms with E-state index in [1.165, 1.54) is 0 Å². The van der Waals surface area contributed by atoms with Crippen molar-refractivity contribution >= 4 is 5.78 Å². The summed E-state index contributed by atoms with van der Waals surface area (Å²) in [5.41, 5.74) is 7.47. The molecule has 1 aromatic rings. The Morgan fingerprint density at radius 3 is 2.82 bits per heavy atom. The van der Waals surface area contributed by atoms with Crippen LogP contribution >= 0.6 is 0 Å². The predicted molar refractivity (Wildman–Crippen MR) is 65.4 cm³/mol. The Bertz CT molecular complexity index is 461. The second kappa shape index (κ2) is 3.84. The molecule has 2 N–H and O–H groups in total. The van der Waals surface area contributed by atoms with E-state index in [4.69, 9.17) is 10.5 Å². The van der Waals surface area contributed by atoms with Crippen LogP contribution in [0, 0.1) is 0 Å². The van der Waals surface area contributed by atoms with Gasteiger partial charge in [-0.2, -0.15) is 0 Å². The Labute approximate surface area is 101 Å². The van der Waals surface area contributed by atoms with E-state index in [1.54, 1.807) is 0 Å². The number of carbonyl (C=O) groups is 1. The fourth-order valence-electron chi connectivity index (χ4n) is 2.85. The van der Waals surface area contributed by atoms with Gasteiger partial charge in [-0.1, -0.05) is 12.8 Å². The van der Waals surface area contributed by atoms with Gasteiger partial charge in [-0.25, -0.2) is 0 Å². The molecule has 0 saturated heterocycles. The zero-order valence-electron chi connectivity index (χ0n) is 9.87. The average molecular weight is 231 g/mol. The van der Waals surface area contributed by atoms with Gasteiger partial charge in [0.2, 0.25) is 0 Å². The van der Waals surface area contributed by atoms with Crippen LogP contribution in [-0.2, 0) is 6.42 Å². The largest absolute Gasteiger partial charge is 0.493 e. The number of hydrogen-bond donors (Lipinski definition) is 1. The summed E-state index contributed by atoms with van der Waals surface area (Å²) in [4.78, 5) is 12.4. The van der Waals surface area contributed by atoms with Crippen molar-refractivity contribution in [2.75, 3.05) is 6.61 Å². The van der Waals surface area contributed by atoms with Crippen LogP contribution < -0.4 is 10.5 Å². The molecule has 3 rings (SSSR count). The first kappa shape index (κ1) is 10.8. The molecule has 0 radical (unpaired) electrons. The third-order valence-corrected chi connectivity index (χ3v) is 3.90. The minimum Gasteiger partial charge on any atom is -0.493 e. The second-order valence-electron chi connectivity index (χ2n) is 5.11. The number of carbonyl (C=O) groups excluding carboxylic acids is 1. The molecule has 0 spiro atoms. The van der Waals surface area contributed by atoms with Crippen molar-refractivity contribution in [3.8, 4) is 5.75 Å². The number of rotatable bonds is 2. The number of benzene rings is 1. The first-order valence-corrected chi connectivity index (χ1v) is 6.28. The molecule has 1 aliphatic carbocycles. The van der Waals surface area contributed by atoms with Crippen LogP contribution in [-0.4, -0.2) is 17.9 Å². The molecule has 1 saturated carbocycles. The molecule has 0 amide bonds. The number of fused-ring (bicyclic) bond motifs is 1. The third-order valence-electron chi connectivity index (χ3n) is 3.90. The number of Topliss-reactive ketones (excluding diaryl/α,β-unsaturated/α-hetero) is 1. The lowest BCUT2D eigenvalue weighted by molar-refractivity contribution is 0.0892. The SMILES string of the molecule is NC1(C(=O)c2ccc3c(c2)CCO3)CCCC1. The maximum absolute atomic E-state index is 12.4. The standard InChI is InChI=1S/C14H17NO2/c15-14(6-1-2-7-14)13(16)11-3-4-12-10(9-11)5-8-17-12/h3-4,9H,1-2,5-8,15H2. The van der Waals surface area contributed by atoms with E-state index in [2.05, 4.69) is 0 Å². The molecular formula is C14H17NO2. The van der Waals surface area contributed by atoms with Crippen molar-refractivity contribution in [1.82, 2.24) is 0 Å². The molecule has 3 nitrogen and oxygen atoms in total. The lowest BCUT2D eigenvalue weighted by Gasteiger charge is -2.21. The Morgan fingerprint density at radius 1 is 1.29 bits per heavy atom. The first-order chi connectivity index (χ1) is 8.19. The molecule has 0 aromatic heterocycles. The van der Waals surface area contributed by atoms with Gasteiger partial charge in [-0.3, -0.25) is 4.79 Å². The lowest BCUT2D eigenvalue weighted by Crippen LogP contribution is -2.45. The minimum absolute atomic E-state index is 0.102. The van der Waals surface area contributed by atoms with E-state index in [1.807, 2.05) is 18.2 Å². The van der Waals surface area contributed by atoms with Crippen molar-refractivity contribution in [3.63, 3.8) is 0 Å². The first-order valence-electron chi connectivity index (χ1n) is 6.28. The molecule has 1 fully saturated rings. The monoisotopic (exact) mass is 231 g/mol. The predicted octanol–water partition coefficient (Wildman–Crippen LogP) is 2.08. The lowest BCUT2D eigenvalue weighted by atomic mass is 9.88. The van der Waals surface area contributed by atoms with Crippen LogP contribution in [0.3, 0.4) is 0 Å². The van der Waals surface area contributed by atoms with Gasteiger partial charge in [0, 0.05) is 12.0 Å². The molecule has 1 heterocycles. The minimum atomic E-state index is -0.617. The van der Waals surface area contributed by atoms with Crippen LogP contribution in [0.15, 0.2) is 18.2 Å². The topological polar surface area (TPSA) is 52.3 Å². The van der Waals surface area contributed by atoms with Crippen molar-refractivity contribution in [1.29, 1.82) is 0 Å². The summed E-state index contributed by atoms with van der Waals surface area (Å²) in [7, 11) is 0. The molecule has 1 aromatic carbocycles. The van der Waals surface area contributed by atoms with Crippen LogP contribution in [0.5, 0.6) is 5.75 Å². The average Bonchev–Trinajstić information content (AvgIpc) is 2.96. The van der Waals surface area contributed by atoms with Crippen molar-refractivity contribution in [2.45, 2.75) is 37.6 Å². The van der Waals surface area contributed by atoms with E-state index in [-0.39, 0.29) is 5.78 Å². The highest BCUT2D eigenvalue weighted by Crippen LogP contribution is 2.32. The summed E-state index contributed by atoms with van der Waals surface area (Å²) >= 11 is 0. The normalized spacial score (nSPS) is 21.0. The Kier molecular flexibility index (Phi) is 2.44. The highest BCUT2D eigenvalue weighted by Gasteiger charge is 2.37. The van der Waals surface area contributed by atoms with E-state index < -0.39 is 5.54 Å². The van der Waals surface area contributed by atoms with Gasteiger partial charge >= 0.3 is 0 Å². The zero-order chi connectivity index (χ0) is 11.9. The molecule has 1 aliphatic heterocycles. The van der Waals surface area contributed by atoms with Gasteiger partial charge in [0.1, 0.15) is 5.75 Å². The molecule has 0 unspecified atom stereocenters. The van der Waals surface area contributed by atoms with Crippen molar-refractivity contribution in [2.24, 2.45) is 5.73 Å². The summed E-state index contributed by atoms with van der Waals surface area (Å²) in [6, 6.07) is 5.70. The summed E-state index contributed by atoms with van der Waals surface area (Å²) < 4.78 is 5.44. The molecule has 3 heteroatoms. The van der Waals surface area contributed by atoms with E-state index in [0.717, 1.165) is 55.6 Å². The second-order valence-corrected chi connectivity index (χ2v) is 5.11. The molecular weight excluding hydrogens is 214 g/mol. The van der Waals surface area contributed by atoms with Gasteiger partial charge < -0.3 is 10.5 Å². The zero-order valence-corrected chi connectivity index (χ0v) is 9.87. The van der Waals surface area contributed by atoms with Gasteiger partial charge in [0.05, 0.1) is 12.1 Å². The number of hydrogen-bond acceptors (Lipinski definition) is 3. The number of ether oxygens (including phenoxy) is 1. The molecule has 2 aliphatic rings. The van der Waals surface area contributed by atoms with Crippen LogP contribution in [0.4, 0.5) is 0 Å². The Balaban J connectivity index is 1.91. The molecule has 0 bridgehead atoms. The number of nitrogens with two attached hydrogens (primary N) is 1. The third kappa shape index (κ3) is 1.75. The van der Waals surface area contributed by atoms with Crippen LogP contribution in [0.2, 0.25) is 0 Å². The maximum Gasteiger partial charge on any atom is 0.182 e. The maximum atomic E-state index is 12.4. The van der Waals surface area contributed by atoms with Gasteiger partial charge in [-0.05, 0) is 36.6 Å². The summed E-state index contributed by atoms with van der Waals surface area (Å²) in [6.45, 7) is 0.723. The fourth-order valence-corrected chi connectivity index (χ4v) is 2.85. The molecule has 17 heavy (non-hydrogen) atoms. The number of ketones is 1. The fraction of sp³-hybridized carbons (Fsp3) is 0.500. The highest BCUT2D eigenvalue weighted by atomic mass is 16.5.